The van der Waals surface area contributed by atoms with Crippen molar-refractivity contribution in [1.82, 2.24) is 4.98 Å². The molecule has 2 aromatic rings. The minimum absolute atomic E-state index is 0.0798. The van der Waals surface area contributed by atoms with Crippen LogP contribution in [0.1, 0.15) is 18.4 Å². The number of carbonyl (C=O) groups is 1. The molecule has 0 radical (unpaired) electrons. The van der Waals surface area contributed by atoms with Gasteiger partial charge in [0.25, 0.3) is 0 Å². The second-order valence-corrected chi connectivity index (χ2v) is 6.47. The third-order valence-electron chi connectivity index (χ3n) is 4.23. The molecule has 1 fully saturated rings. The molecule has 1 saturated heterocycles. The summed E-state index contributed by atoms with van der Waals surface area (Å²) < 4.78 is 28.5. The second kappa shape index (κ2) is 7.67. The number of rotatable bonds is 3. The number of amides is 1. The van der Waals surface area contributed by atoms with Gasteiger partial charge in [-0.15, -0.1) is 0 Å². The molecular formula is C18H15ClF2N4O. The van der Waals surface area contributed by atoms with E-state index in [1.807, 2.05) is 0 Å². The molecule has 0 saturated carbocycles. The number of hydrogen-bond acceptors (Lipinski definition) is 4. The molecule has 1 aliphatic heterocycles. The van der Waals surface area contributed by atoms with Crippen molar-refractivity contribution in [2.45, 2.75) is 12.8 Å². The highest BCUT2D eigenvalue weighted by molar-refractivity contribution is 6.30. The van der Waals surface area contributed by atoms with Gasteiger partial charge in [-0.25, -0.2) is 13.8 Å². The monoisotopic (exact) mass is 376 g/mol. The summed E-state index contributed by atoms with van der Waals surface area (Å²) in [4.78, 5) is 18.0. The van der Waals surface area contributed by atoms with Gasteiger partial charge in [0.2, 0.25) is 5.91 Å². The van der Waals surface area contributed by atoms with Crippen LogP contribution in [0.15, 0.2) is 30.5 Å². The van der Waals surface area contributed by atoms with E-state index >= 15 is 0 Å². The third kappa shape index (κ3) is 3.92. The number of hydrogen-bond donors (Lipinski definition) is 1. The average molecular weight is 377 g/mol. The zero-order valence-corrected chi connectivity index (χ0v) is 14.4. The van der Waals surface area contributed by atoms with E-state index < -0.39 is 17.6 Å². The Labute approximate surface area is 154 Å². The molecule has 1 aromatic carbocycles. The van der Waals surface area contributed by atoms with Crippen LogP contribution < -0.4 is 10.2 Å². The Bertz CT molecular complexity index is 843. The maximum Gasteiger partial charge on any atom is 0.230 e. The highest BCUT2D eigenvalue weighted by Crippen LogP contribution is 2.29. The van der Waals surface area contributed by atoms with Crippen LogP contribution in [0.2, 0.25) is 5.02 Å². The molecule has 26 heavy (non-hydrogen) atoms. The number of halogens is 3. The summed E-state index contributed by atoms with van der Waals surface area (Å²) in [6.07, 6.45) is 2.65. The van der Waals surface area contributed by atoms with Crippen LogP contribution in [-0.2, 0) is 4.79 Å². The largest absolute Gasteiger partial charge is 0.366 e. The van der Waals surface area contributed by atoms with E-state index in [1.54, 1.807) is 18.2 Å². The molecule has 1 unspecified atom stereocenters. The number of aromatic nitrogens is 1. The first-order valence-corrected chi connectivity index (χ1v) is 8.42. The van der Waals surface area contributed by atoms with E-state index in [0.717, 1.165) is 12.1 Å². The molecule has 0 bridgehead atoms. The molecular weight excluding hydrogens is 362 g/mol. The maximum absolute atomic E-state index is 14.2. The fourth-order valence-corrected chi connectivity index (χ4v) is 3.12. The van der Waals surface area contributed by atoms with Gasteiger partial charge < -0.3 is 10.2 Å². The SMILES string of the molecule is N#Cc1cc(F)c(N2CCCC(C(=O)Nc3ccc(Cl)cn3)C2)c(F)c1. The molecule has 5 nitrogen and oxygen atoms in total. The molecule has 2 heterocycles. The lowest BCUT2D eigenvalue weighted by Gasteiger charge is -2.34. The van der Waals surface area contributed by atoms with Gasteiger partial charge in [-0.3, -0.25) is 4.79 Å². The quantitative estimate of drug-likeness (QED) is 0.886. The first-order valence-electron chi connectivity index (χ1n) is 8.04. The highest BCUT2D eigenvalue weighted by atomic mass is 35.5. The van der Waals surface area contributed by atoms with Gasteiger partial charge >= 0.3 is 0 Å². The number of benzene rings is 1. The minimum atomic E-state index is -0.804. The molecule has 1 amide bonds. The lowest BCUT2D eigenvalue weighted by Crippen LogP contribution is -2.41. The first kappa shape index (κ1) is 18.1. The summed E-state index contributed by atoms with van der Waals surface area (Å²) >= 11 is 5.76. The van der Waals surface area contributed by atoms with Crippen molar-refractivity contribution >= 4 is 29.0 Å². The van der Waals surface area contributed by atoms with Crippen LogP contribution in [-0.4, -0.2) is 24.0 Å². The first-order chi connectivity index (χ1) is 12.5. The van der Waals surface area contributed by atoms with Crippen molar-refractivity contribution < 1.29 is 13.6 Å². The highest BCUT2D eigenvalue weighted by Gasteiger charge is 2.29. The van der Waals surface area contributed by atoms with Crippen LogP contribution in [0.4, 0.5) is 20.3 Å². The van der Waals surface area contributed by atoms with Crippen LogP contribution in [0.3, 0.4) is 0 Å². The average Bonchev–Trinajstić information content (AvgIpc) is 2.63. The van der Waals surface area contributed by atoms with Gasteiger partial charge in [-0.2, -0.15) is 5.26 Å². The Morgan fingerprint density at radius 1 is 1.35 bits per heavy atom. The molecule has 1 aliphatic rings. The number of anilines is 2. The molecule has 134 valence electrons. The molecule has 3 rings (SSSR count). The Morgan fingerprint density at radius 3 is 2.69 bits per heavy atom. The Morgan fingerprint density at radius 2 is 2.08 bits per heavy atom. The molecule has 0 spiro atoms. The zero-order chi connectivity index (χ0) is 18.7. The second-order valence-electron chi connectivity index (χ2n) is 6.04. The fourth-order valence-electron chi connectivity index (χ4n) is 3.00. The normalized spacial score (nSPS) is 16.8. The van der Waals surface area contributed by atoms with Gasteiger partial charge in [0, 0.05) is 19.3 Å². The lowest BCUT2D eigenvalue weighted by molar-refractivity contribution is -0.120. The number of carbonyl (C=O) groups excluding carboxylic acids is 1. The van der Waals surface area contributed by atoms with Gasteiger partial charge in [0.05, 0.1) is 22.6 Å². The standard InChI is InChI=1S/C18H15ClF2N4O/c19-13-3-4-16(23-9-13)24-18(26)12-2-1-5-25(10-12)17-14(20)6-11(8-22)7-15(17)21/h3-4,6-7,9,12H,1-2,5,10H2,(H,23,24,26). The van der Waals surface area contributed by atoms with E-state index in [4.69, 9.17) is 16.9 Å². The van der Waals surface area contributed by atoms with Crippen molar-refractivity contribution in [2.75, 3.05) is 23.3 Å². The Balaban J connectivity index is 1.74. The molecule has 1 aromatic heterocycles. The van der Waals surface area contributed by atoms with Crippen molar-refractivity contribution in [3.05, 3.63) is 52.7 Å². The third-order valence-corrected chi connectivity index (χ3v) is 4.46. The number of pyridine rings is 1. The summed E-state index contributed by atoms with van der Waals surface area (Å²) in [6, 6.07) is 6.91. The van der Waals surface area contributed by atoms with E-state index in [2.05, 4.69) is 10.3 Å². The number of nitrogens with one attached hydrogen (secondary N) is 1. The van der Waals surface area contributed by atoms with E-state index in [-0.39, 0.29) is 23.7 Å². The summed E-state index contributed by atoms with van der Waals surface area (Å²) in [5.41, 5.74) is -0.282. The van der Waals surface area contributed by atoms with Crippen molar-refractivity contribution in [1.29, 1.82) is 5.26 Å². The van der Waals surface area contributed by atoms with Crippen molar-refractivity contribution in [2.24, 2.45) is 5.92 Å². The Kier molecular flexibility index (Phi) is 5.33. The van der Waals surface area contributed by atoms with E-state index in [0.29, 0.717) is 30.2 Å². The number of piperidine rings is 1. The summed E-state index contributed by atoms with van der Waals surface area (Å²) in [5.74, 6) is -1.94. The van der Waals surface area contributed by atoms with Crippen LogP contribution in [0, 0.1) is 28.9 Å². The smallest absolute Gasteiger partial charge is 0.230 e. The molecule has 8 heteroatoms. The van der Waals surface area contributed by atoms with Crippen LogP contribution in [0.5, 0.6) is 0 Å². The zero-order valence-electron chi connectivity index (χ0n) is 13.7. The predicted molar refractivity (Wildman–Crippen MR) is 93.9 cm³/mol. The van der Waals surface area contributed by atoms with Gasteiger partial charge in [0.15, 0.2) is 11.6 Å². The molecule has 0 aliphatic carbocycles. The summed E-state index contributed by atoms with van der Waals surface area (Å²) in [6.45, 7) is 0.613. The minimum Gasteiger partial charge on any atom is -0.366 e. The van der Waals surface area contributed by atoms with E-state index in [9.17, 15) is 13.6 Å². The van der Waals surface area contributed by atoms with Crippen molar-refractivity contribution in [3.63, 3.8) is 0 Å². The summed E-state index contributed by atoms with van der Waals surface area (Å²) in [7, 11) is 0. The van der Waals surface area contributed by atoms with Crippen LogP contribution in [0.25, 0.3) is 0 Å². The fraction of sp³-hybridized carbons (Fsp3) is 0.278. The van der Waals surface area contributed by atoms with Gasteiger partial charge in [-0.05, 0) is 37.1 Å². The number of nitrogens with zero attached hydrogens (tertiary/aromatic N) is 3. The molecule has 1 N–H and O–H groups in total. The lowest BCUT2D eigenvalue weighted by atomic mass is 9.96. The maximum atomic E-state index is 14.2. The van der Waals surface area contributed by atoms with Gasteiger partial charge in [-0.1, -0.05) is 11.6 Å². The van der Waals surface area contributed by atoms with Crippen molar-refractivity contribution in [3.8, 4) is 6.07 Å². The number of nitriles is 1. The summed E-state index contributed by atoms with van der Waals surface area (Å²) in [5, 5.41) is 11.9. The van der Waals surface area contributed by atoms with Gasteiger partial charge in [0.1, 0.15) is 11.5 Å². The molecule has 1 atom stereocenters. The Hall–Kier alpha value is -2.72. The van der Waals surface area contributed by atoms with Crippen LogP contribution >= 0.6 is 11.6 Å². The topological polar surface area (TPSA) is 69.0 Å². The predicted octanol–water partition coefficient (Wildman–Crippen LogP) is 3.74. The van der Waals surface area contributed by atoms with E-state index in [1.165, 1.54) is 11.1 Å².